The summed E-state index contributed by atoms with van der Waals surface area (Å²) in [5.74, 6) is -0.153. The average molecular weight is 594 g/mol. The maximum absolute atomic E-state index is 12.0. The summed E-state index contributed by atoms with van der Waals surface area (Å²) >= 11 is 3.37. The minimum atomic E-state index is -0.601. The van der Waals surface area contributed by atoms with Gasteiger partial charge in [0.05, 0.1) is 29.0 Å². The molecule has 1 aliphatic heterocycles. The van der Waals surface area contributed by atoms with Gasteiger partial charge in [0.1, 0.15) is 0 Å². The van der Waals surface area contributed by atoms with Gasteiger partial charge in [0.2, 0.25) is 11.8 Å². The molecule has 5 rings (SSSR count). The van der Waals surface area contributed by atoms with E-state index < -0.39 is 12.2 Å². The Morgan fingerprint density at radius 1 is 0.927 bits per heavy atom. The molecule has 4 aromatic rings. The predicted molar refractivity (Wildman–Crippen MR) is 156 cm³/mol. The molecule has 1 saturated heterocycles. The third kappa shape index (κ3) is 7.91. The lowest BCUT2D eigenvalue weighted by atomic mass is 10.0. The van der Waals surface area contributed by atoms with Crippen molar-refractivity contribution < 1.29 is 29.4 Å². The highest BCUT2D eigenvalue weighted by Crippen LogP contribution is 2.40. The molecule has 3 atom stereocenters. The zero-order valence-corrected chi connectivity index (χ0v) is 23.8. The molecule has 0 unspecified atom stereocenters. The van der Waals surface area contributed by atoms with E-state index in [-0.39, 0.29) is 37.6 Å². The summed E-state index contributed by atoms with van der Waals surface area (Å²) in [5, 5.41) is 20.8. The van der Waals surface area contributed by atoms with Gasteiger partial charge in [-0.1, -0.05) is 72.4 Å². The zero-order valence-electron chi connectivity index (χ0n) is 22.2. The Bertz CT molecular complexity index is 1430. The van der Waals surface area contributed by atoms with Crippen LogP contribution < -0.4 is 10.8 Å². The maximum Gasteiger partial charge on any atom is 0.243 e. The molecule has 2 heterocycles. The molecule has 9 nitrogen and oxygen atoms in total. The van der Waals surface area contributed by atoms with E-state index in [1.807, 2.05) is 66.7 Å². The summed E-state index contributed by atoms with van der Waals surface area (Å²) in [6.45, 7) is 0.303. The quantitative estimate of drug-likeness (QED) is 0.108. The molecule has 4 N–H and O–H groups in total. The van der Waals surface area contributed by atoms with Crippen molar-refractivity contribution in [2.24, 2.45) is 0 Å². The molecular weight excluding hydrogens is 562 g/mol. The van der Waals surface area contributed by atoms with Crippen molar-refractivity contribution in [1.29, 1.82) is 0 Å². The summed E-state index contributed by atoms with van der Waals surface area (Å²) < 4.78 is 15.0. The van der Waals surface area contributed by atoms with E-state index >= 15 is 0 Å². The van der Waals surface area contributed by atoms with Crippen LogP contribution in [-0.4, -0.2) is 39.0 Å². The van der Waals surface area contributed by atoms with E-state index in [1.165, 1.54) is 5.48 Å². The summed E-state index contributed by atoms with van der Waals surface area (Å²) in [6.07, 6.45) is -0.245. The molecule has 0 saturated carbocycles. The highest BCUT2D eigenvalue weighted by atomic mass is 32.2. The second-order valence-corrected chi connectivity index (χ2v) is 12.0. The standard InChI is InChI=1S/C30H31N3O6S2/c34-17-20-7-9-21(10-8-20)25-15-23(18-40-30-32-24-3-1-2-4-26(24)41-30)38-29(39-25)22-11-5-19(6-12-22)16-31-27(35)13-14-28(36)33-37/h1-12,23,25,29,34,37H,13-18H2,(H,31,35)(H,33,36)/t23-,25+,29+/m0/s1. The predicted octanol–water partition coefficient (Wildman–Crippen LogP) is 5.03. The van der Waals surface area contributed by atoms with Crippen LogP contribution in [0.1, 0.15) is 53.9 Å². The number of benzene rings is 3. The number of nitrogens with zero attached hydrogens (tertiary/aromatic N) is 1. The monoisotopic (exact) mass is 593 g/mol. The van der Waals surface area contributed by atoms with Crippen LogP contribution in [0.15, 0.2) is 77.1 Å². The lowest BCUT2D eigenvalue weighted by molar-refractivity contribution is -0.245. The molecule has 11 heteroatoms. The first-order chi connectivity index (χ1) is 20.0. The van der Waals surface area contributed by atoms with E-state index in [4.69, 9.17) is 19.7 Å². The van der Waals surface area contributed by atoms with E-state index in [9.17, 15) is 14.7 Å². The smallest absolute Gasteiger partial charge is 0.243 e. The van der Waals surface area contributed by atoms with Gasteiger partial charge in [0, 0.05) is 37.1 Å². The second-order valence-electron chi connectivity index (χ2n) is 9.66. The Labute approximate surface area is 245 Å². The summed E-state index contributed by atoms with van der Waals surface area (Å²) in [4.78, 5) is 27.8. The van der Waals surface area contributed by atoms with Crippen LogP contribution in [0.2, 0.25) is 0 Å². The Morgan fingerprint density at radius 2 is 1.63 bits per heavy atom. The van der Waals surface area contributed by atoms with Crippen LogP contribution in [0.4, 0.5) is 0 Å². The normalized spacial score (nSPS) is 18.7. The average Bonchev–Trinajstić information content (AvgIpc) is 3.45. The number of thioether (sulfide) groups is 1. The molecule has 2 amide bonds. The lowest BCUT2D eigenvalue weighted by Crippen LogP contribution is -2.31. The number of fused-ring (bicyclic) bond motifs is 1. The number of hydrogen-bond donors (Lipinski definition) is 4. The topological polar surface area (TPSA) is 130 Å². The summed E-state index contributed by atoms with van der Waals surface area (Å²) in [6, 6.07) is 23.6. The Kier molecular flexibility index (Phi) is 9.99. The number of aliphatic hydroxyl groups excluding tert-OH is 1. The third-order valence-corrected chi connectivity index (χ3v) is 9.04. The molecule has 0 spiro atoms. The molecule has 1 fully saturated rings. The van der Waals surface area contributed by atoms with Gasteiger partial charge in [-0.15, -0.1) is 11.3 Å². The van der Waals surface area contributed by atoms with Crippen LogP contribution in [0.5, 0.6) is 0 Å². The number of aromatic nitrogens is 1. The largest absolute Gasteiger partial charge is 0.392 e. The number of ether oxygens (including phenoxy) is 2. The van der Waals surface area contributed by atoms with Gasteiger partial charge in [-0.2, -0.15) is 0 Å². The Balaban J connectivity index is 1.25. The maximum atomic E-state index is 12.0. The van der Waals surface area contributed by atoms with Crippen molar-refractivity contribution in [1.82, 2.24) is 15.8 Å². The first-order valence-electron chi connectivity index (χ1n) is 13.3. The fraction of sp³-hybridized carbons (Fsp3) is 0.300. The SMILES string of the molecule is O=C(CCC(=O)NCc1ccc([C@@H]2O[C@H](CSc3nc4ccccc4s3)C[C@H](c3ccc(CO)cc3)O2)cc1)NO. The highest BCUT2D eigenvalue weighted by molar-refractivity contribution is 8.01. The van der Waals surface area contributed by atoms with Crippen molar-refractivity contribution in [3.63, 3.8) is 0 Å². The van der Waals surface area contributed by atoms with E-state index in [0.29, 0.717) is 13.0 Å². The summed E-state index contributed by atoms with van der Waals surface area (Å²) in [7, 11) is 0. The van der Waals surface area contributed by atoms with Crippen LogP contribution in [0.3, 0.4) is 0 Å². The Morgan fingerprint density at radius 3 is 2.37 bits per heavy atom. The highest BCUT2D eigenvalue weighted by Gasteiger charge is 2.32. The zero-order chi connectivity index (χ0) is 28.6. The van der Waals surface area contributed by atoms with Crippen molar-refractivity contribution in [2.75, 3.05) is 5.75 Å². The van der Waals surface area contributed by atoms with Gasteiger partial charge in [0.25, 0.3) is 0 Å². The molecule has 0 bridgehead atoms. The van der Waals surface area contributed by atoms with Crippen molar-refractivity contribution in [2.45, 2.75) is 55.3 Å². The van der Waals surface area contributed by atoms with E-state index in [0.717, 1.165) is 42.6 Å². The molecule has 3 aromatic carbocycles. The van der Waals surface area contributed by atoms with Gasteiger partial charge >= 0.3 is 0 Å². The van der Waals surface area contributed by atoms with Gasteiger partial charge in [-0.3, -0.25) is 14.8 Å². The fourth-order valence-electron chi connectivity index (χ4n) is 4.46. The number of hydroxylamine groups is 1. The van der Waals surface area contributed by atoms with Gasteiger partial charge in [0.15, 0.2) is 10.6 Å². The lowest BCUT2D eigenvalue weighted by Gasteiger charge is -2.36. The molecule has 41 heavy (non-hydrogen) atoms. The van der Waals surface area contributed by atoms with Crippen LogP contribution in [0, 0.1) is 0 Å². The molecule has 214 valence electrons. The van der Waals surface area contributed by atoms with Crippen LogP contribution in [0.25, 0.3) is 10.2 Å². The number of para-hydroxylation sites is 1. The van der Waals surface area contributed by atoms with E-state index in [2.05, 4.69) is 11.4 Å². The third-order valence-electron chi connectivity index (χ3n) is 6.73. The number of amides is 2. The minimum absolute atomic E-state index is 0.00861. The fourth-order valence-corrected chi connectivity index (χ4v) is 6.58. The molecule has 0 aliphatic carbocycles. The first kappa shape index (κ1) is 29.2. The minimum Gasteiger partial charge on any atom is -0.392 e. The first-order valence-corrected chi connectivity index (χ1v) is 15.1. The molecule has 1 aromatic heterocycles. The number of carbonyl (C=O) groups is 2. The number of rotatable bonds is 11. The van der Waals surface area contributed by atoms with E-state index in [1.54, 1.807) is 23.1 Å². The molecule has 1 aliphatic rings. The number of aliphatic hydroxyl groups is 1. The van der Waals surface area contributed by atoms with Crippen molar-refractivity contribution in [3.8, 4) is 0 Å². The number of nitrogens with one attached hydrogen (secondary N) is 2. The van der Waals surface area contributed by atoms with Gasteiger partial charge in [-0.25, -0.2) is 10.5 Å². The van der Waals surface area contributed by atoms with Gasteiger partial charge in [-0.05, 0) is 28.8 Å². The Hall–Kier alpha value is -3.32. The summed E-state index contributed by atoms with van der Waals surface area (Å²) in [5.41, 5.74) is 6.15. The number of hydrogen-bond acceptors (Lipinski definition) is 9. The number of thiazole rings is 1. The van der Waals surface area contributed by atoms with Crippen LogP contribution in [-0.2, 0) is 32.2 Å². The van der Waals surface area contributed by atoms with Crippen LogP contribution >= 0.6 is 23.1 Å². The van der Waals surface area contributed by atoms with Crippen molar-refractivity contribution in [3.05, 3.63) is 95.1 Å². The number of carbonyl (C=O) groups excluding carboxylic acids is 2. The molecular formula is C30H31N3O6S2. The molecule has 0 radical (unpaired) electrons. The van der Waals surface area contributed by atoms with Crippen molar-refractivity contribution >= 4 is 45.1 Å². The second kappa shape index (κ2) is 14.0. The van der Waals surface area contributed by atoms with Gasteiger partial charge < -0.3 is 19.9 Å².